The Morgan fingerprint density at radius 2 is 1.90 bits per heavy atom. The molecule has 1 heterocycles. The van der Waals surface area contributed by atoms with Crippen molar-refractivity contribution in [3.8, 4) is 0 Å². The van der Waals surface area contributed by atoms with Gasteiger partial charge in [0.05, 0.1) is 0 Å². The third-order valence-corrected chi connectivity index (χ3v) is 4.47. The third-order valence-electron chi connectivity index (χ3n) is 4.47. The number of likely N-dealkylation sites (N-methyl/N-ethyl adjacent to an activating group) is 1. The molecule has 0 bridgehead atoms. The highest BCUT2D eigenvalue weighted by molar-refractivity contribution is 5.23. The summed E-state index contributed by atoms with van der Waals surface area (Å²) >= 11 is 0. The van der Waals surface area contributed by atoms with Crippen molar-refractivity contribution >= 4 is 0 Å². The molecule has 1 aliphatic heterocycles. The Kier molecular flexibility index (Phi) is 5.11. The second kappa shape index (κ2) is 6.64. The fourth-order valence-corrected chi connectivity index (χ4v) is 3.18. The van der Waals surface area contributed by atoms with Gasteiger partial charge in [-0.05, 0) is 39.8 Å². The molecule has 2 nitrogen and oxygen atoms in total. The quantitative estimate of drug-likeness (QED) is 0.909. The van der Waals surface area contributed by atoms with Crippen LogP contribution in [0.5, 0.6) is 0 Å². The van der Waals surface area contributed by atoms with E-state index >= 15 is 0 Å². The Balaban J connectivity index is 2.18. The van der Waals surface area contributed by atoms with Crippen LogP contribution in [0.15, 0.2) is 18.2 Å². The zero-order valence-electron chi connectivity index (χ0n) is 12.5. The van der Waals surface area contributed by atoms with Crippen LogP contribution in [0.4, 0.5) is 8.78 Å². The maximum Gasteiger partial charge on any atom is 0.163 e. The highest BCUT2D eigenvalue weighted by atomic mass is 19.2. The topological polar surface area (TPSA) is 15.3 Å². The lowest BCUT2D eigenvalue weighted by molar-refractivity contribution is 0.0913. The largest absolute Gasteiger partial charge is 0.312 e. The van der Waals surface area contributed by atoms with Crippen molar-refractivity contribution in [3.63, 3.8) is 0 Å². The number of hydrogen-bond donors (Lipinski definition) is 1. The van der Waals surface area contributed by atoms with Crippen molar-refractivity contribution in [2.45, 2.75) is 51.2 Å². The molecule has 3 atom stereocenters. The maximum atomic E-state index is 14.0. The Morgan fingerprint density at radius 1 is 1.25 bits per heavy atom. The number of benzene rings is 1. The van der Waals surface area contributed by atoms with Gasteiger partial charge in [-0.15, -0.1) is 0 Å². The summed E-state index contributed by atoms with van der Waals surface area (Å²) < 4.78 is 27.3. The van der Waals surface area contributed by atoms with E-state index in [4.69, 9.17) is 0 Å². The highest BCUT2D eigenvalue weighted by Gasteiger charge is 2.28. The summed E-state index contributed by atoms with van der Waals surface area (Å²) in [6.07, 6.45) is 3.59. The zero-order valence-corrected chi connectivity index (χ0v) is 12.5. The van der Waals surface area contributed by atoms with Gasteiger partial charge in [-0.2, -0.15) is 0 Å². The number of hydrogen-bond acceptors (Lipinski definition) is 2. The molecule has 4 heteroatoms. The van der Waals surface area contributed by atoms with E-state index in [0.29, 0.717) is 24.2 Å². The normalized spacial score (nSPS) is 25.6. The number of halogens is 2. The van der Waals surface area contributed by atoms with E-state index in [2.05, 4.69) is 24.1 Å². The van der Waals surface area contributed by atoms with Crippen molar-refractivity contribution in [2.75, 3.05) is 13.6 Å². The van der Waals surface area contributed by atoms with Crippen LogP contribution in [0.3, 0.4) is 0 Å². The number of likely N-dealkylation sites (tertiary alicyclic amines) is 1. The van der Waals surface area contributed by atoms with E-state index in [9.17, 15) is 8.78 Å². The van der Waals surface area contributed by atoms with Crippen LogP contribution in [0.25, 0.3) is 0 Å². The van der Waals surface area contributed by atoms with Gasteiger partial charge in [0.2, 0.25) is 0 Å². The van der Waals surface area contributed by atoms with Gasteiger partial charge in [0.25, 0.3) is 0 Å². The van der Waals surface area contributed by atoms with E-state index in [1.807, 2.05) is 0 Å². The molecule has 1 saturated heterocycles. The van der Waals surface area contributed by atoms with Crippen molar-refractivity contribution in [3.05, 3.63) is 35.4 Å². The van der Waals surface area contributed by atoms with Crippen LogP contribution in [0.1, 0.15) is 44.7 Å². The summed E-state index contributed by atoms with van der Waals surface area (Å²) in [5.74, 6) is -1.51. The first-order chi connectivity index (χ1) is 9.54. The van der Waals surface area contributed by atoms with E-state index < -0.39 is 11.6 Å². The lowest BCUT2D eigenvalue weighted by atomic mass is 9.95. The lowest BCUT2D eigenvalue weighted by Gasteiger charge is -2.41. The molecule has 1 N–H and O–H groups in total. The Hall–Kier alpha value is -1.00. The van der Waals surface area contributed by atoms with Crippen LogP contribution in [0.2, 0.25) is 0 Å². The summed E-state index contributed by atoms with van der Waals surface area (Å²) in [4.78, 5) is 2.40. The van der Waals surface area contributed by atoms with E-state index in [1.165, 1.54) is 19.3 Å². The number of rotatable bonds is 4. The van der Waals surface area contributed by atoms with Gasteiger partial charge in [-0.3, -0.25) is 4.90 Å². The lowest BCUT2D eigenvalue weighted by Crippen LogP contribution is -2.47. The molecule has 2 rings (SSSR count). The fourth-order valence-electron chi connectivity index (χ4n) is 3.18. The smallest absolute Gasteiger partial charge is 0.163 e. The van der Waals surface area contributed by atoms with Crippen LogP contribution in [0, 0.1) is 11.6 Å². The second-order valence-corrected chi connectivity index (χ2v) is 5.81. The van der Waals surface area contributed by atoms with Gasteiger partial charge in [-0.1, -0.05) is 18.6 Å². The molecule has 1 fully saturated rings. The molecule has 0 aromatic heterocycles. The zero-order chi connectivity index (χ0) is 14.7. The second-order valence-electron chi connectivity index (χ2n) is 5.81. The monoisotopic (exact) mass is 282 g/mol. The number of nitrogens with one attached hydrogen (secondary N) is 1. The SMILES string of the molecule is CNC(CN1[C@H](C)CCC[C@@H]1C)c1cccc(F)c1F. The molecule has 0 spiro atoms. The van der Waals surface area contributed by atoms with Crippen LogP contribution >= 0.6 is 0 Å². The molecule has 1 unspecified atom stereocenters. The number of nitrogens with zero attached hydrogens (tertiary/aromatic N) is 1. The van der Waals surface area contributed by atoms with Crippen molar-refractivity contribution in [2.24, 2.45) is 0 Å². The molecule has 20 heavy (non-hydrogen) atoms. The van der Waals surface area contributed by atoms with Crippen molar-refractivity contribution in [1.82, 2.24) is 10.2 Å². The minimum atomic E-state index is -0.775. The van der Waals surface area contributed by atoms with Gasteiger partial charge in [-0.25, -0.2) is 8.78 Å². The summed E-state index contributed by atoms with van der Waals surface area (Å²) in [5.41, 5.74) is 0.414. The molecule has 0 radical (unpaired) electrons. The minimum Gasteiger partial charge on any atom is -0.312 e. The molecule has 0 amide bonds. The predicted octanol–water partition coefficient (Wildman–Crippen LogP) is 3.49. The summed E-state index contributed by atoms with van der Waals surface area (Å²) in [6, 6.07) is 5.20. The van der Waals surface area contributed by atoms with Gasteiger partial charge in [0.1, 0.15) is 0 Å². The molecule has 0 saturated carbocycles. The average molecular weight is 282 g/mol. The molecule has 0 aliphatic carbocycles. The van der Waals surface area contributed by atoms with Gasteiger partial charge in [0.15, 0.2) is 11.6 Å². The van der Waals surface area contributed by atoms with Crippen molar-refractivity contribution in [1.29, 1.82) is 0 Å². The third kappa shape index (κ3) is 3.18. The average Bonchev–Trinajstić information content (AvgIpc) is 2.42. The maximum absolute atomic E-state index is 14.0. The van der Waals surface area contributed by atoms with Crippen LogP contribution < -0.4 is 5.32 Å². The molecular formula is C16H24F2N2. The Morgan fingerprint density at radius 3 is 2.50 bits per heavy atom. The first-order valence-corrected chi connectivity index (χ1v) is 7.41. The molecule has 1 aromatic rings. The van der Waals surface area contributed by atoms with Gasteiger partial charge >= 0.3 is 0 Å². The summed E-state index contributed by atoms with van der Waals surface area (Å²) in [7, 11) is 1.80. The fraction of sp³-hybridized carbons (Fsp3) is 0.625. The number of piperidine rings is 1. The van der Waals surface area contributed by atoms with Gasteiger partial charge in [0, 0.05) is 30.2 Å². The summed E-state index contributed by atoms with van der Waals surface area (Å²) in [5, 5.41) is 3.13. The van der Waals surface area contributed by atoms with Crippen LogP contribution in [-0.2, 0) is 0 Å². The van der Waals surface area contributed by atoms with E-state index in [1.54, 1.807) is 19.2 Å². The molecular weight excluding hydrogens is 258 g/mol. The highest BCUT2D eigenvalue weighted by Crippen LogP contribution is 2.27. The molecule has 1 aromatic carbocycles. The van der Waals surface area contributed by atoms with Gasteiger partial charge < -0.3 is 5.32 Å². The van der Waals surface area contributed by atoms with E-state index in [-0.39, 0.29) is 6.04 Å². The first-order valence-electron chi connectivity index (χ1n) is 7.41. The van der Waals surface area contributed by atoms with E-state index in [0.717, 1.165) is 6.07 Å². The molecule has 1 aliphatic rings. The van der Waals surface area contributed by atoms with Crippen molar-refractivity contribution < 1.29 is 8.78 Å². The molecule has 112 valence electrons. The standard InChI is InChI=1S/C16H24F2N2/c1-11-6-4-7-12(2)20(11)10-15(19-3)13-8-5-9-14(17)16(13)18/h5,8-9,11-12,15,19H,4,6-7,10H2,1-3H3/t11-,12+,15?. The Bertz CT molecular complexity index is 440. The first kappa shape index (κ1) is 15.4. The Labute approximate surface area is 120 Å². The predicted molar refractivity (Wildman–Crippen MR) is 77.6 cm³/mol. The van der Waals surface area contributed by atoms with Crippen LogP contribution in [-0.4, -0.2) is 30.6 Å². The minimum absolute atomic E-state index is 0.186. The summed E-state index contributed by atoms with van der Waals surface area (Å²) in [6.45, 7) is 5.13.